The topological polar surface area (TPSA) is 73.3 Å². The van der Waals surface area contributed by atoms with Crippen LogP contribution in [0.15, 0.2) is 25.3 Å². The molecule has 0 unspecified atom stereocenters. The number of hydrogen-bond acceptors (Lipinski definition) is 2. The highest BCUT2D eigenvalue weighted by atomic mass is 16.3. The van der Waals surface area contributed by atoms with Crippen LogP contribution in [0.25, 0.3) is 0 Å². The lowest BCUT2D eigenvalue weighted by Crippen LogP contribution is -2.45. The van der Waals surface area contributed by atoms with E-state index < -0.39 is 5.60 Å². The van der Waals surface area contributed by atoms with Crippen molar-refractivity contribution in [3.8, 4) is 0 Å². The number of nitrogens with one attached hydrogen (secondary N) is 1. The van der Waals surface area contributed by atoms with Crippen LogP contribution in [-0.2, 0) is 0 Å². The van der Waals surface area contributed by atoms with Gasteiger partial charge in [0.1, 0.15) is 0 Å². The molecule has 0 radical (unpaired) electrons. The van der Waals surface area contributed by atoms with Crippen LogP contribution in [0, 0.1) is 5.41 Å². The van der Waals surface area contributed by atoms with Crippen LogP contribution < -0.4 is 5.73 Å². The highest BCUT2D eigenvalue weighted by Gasteiger charge is 2.25. The zero-order valence-electron chi connectivity index (χ0n) is 8.66. The lowest BCUT2D eigenvalue weighted by molar-refractivity contribution is 0.0293. The van der Waals surface area contributed by atoms with Gasteiger partial charge in [-0.25, -0.2) is 0 Å². The quantitative estimate of drug-likeness (QED) is 0.333. The lowest BCUT2D eigenvalue weighted by Gasteiger charge is -2.31. The molecule has 0 aromatic rings. The van der Waals surface area contributed by atoms with Gasteiger partial charge in [-0.2, -0.15) is 0 Å². The number of hydrogen-bond donors (Lipinski definition) is 3. The van der Waals surface area contributed by atoms with Crippen molar-refractivity contribution in [2.45, 2.75) is 18.4 Å². The Morgan fingerprint density at radius 1 is 1.50 bits per heavy atom. The summed E-state index contributed by atoms with van der Waals surface area (Å²) in [5, 5.41) is 17.3. The Bertz CT molecular complexity index is 215. The summed E-state index contributed by atoms with van der Waals surface area (Å²) in [6.07, 6.45) is 4.21. The molecule has 0 saturated carbocycles. The largest absolute Gasteiger partial charge is 0.387 e. The second-order valence-electron chi connectivity index (χ2n) is 3.45. The molecule has 0 fully saturated rings. The van der Waals surface area contributed by atoms with Crippen molar-refractivity contribution in [2.75, 3.05) is 13.6 Å². The van der Waals surface area contributed by atoms with E-state index >= 15 is 0 Å². The molecule has 0 aromatic heterocycles. The Morgan fingerprint density at radius 2 is 1.93 bits per heavy atom. The number of nitrogens with two attached hydrogens (primary N) is 1. The molecule has 0 rings (SSSR count). The summed E-state index contributed by atoms with van der Waals surface area (Å²) in [7, 11) is 1.67. The molecule has 0 aliphatic carbocycles. The monoisotopic (exact) mass is 197 g/mol. The molecule has 0 atom stereocenters. The minimum absolute atomic E-state index is 0.0588. The van der Waals surface area contributed by atoms with Gasteiger partial charge in [-0.3, -0.25) is 5.41 Å². The van der Waals surface area contributed by atoms with Crippen molar-refractivity contribution >= 4 is 5.96 Å². The zero-order chi connectivity index (χ0) is 11.2. The summed E-state index contributed by atoms with van der Waals surface area (Å²) in [6.45, 7) is 7.47. The first kappa shape index (κ1) is 12.7. The standard InChI is InChI=1S/C10H19N3O/c1-4-6-10(14,7-5-2)8-13(3)9(11)12/h4-5,14H,1-2,6-8H2,3H3,(H3,11,12). The Hall–Kier alpha value is -1.29. The third-order valence-corrected chi connectivity index (χ3v) is 1.99. The van der Waals surface area contributed by atoms with Crippen molar-refractivity contribution in [1.29, 1.82) is 5.41 Å². The van der Waals surface area contributed by atoms with Crippen LogP contribution in [-0.4, -0.2) is 35.2 Å². The number of nitrogens with zero attached hydrogens (tertiary/aromatic N) is 1. The van der Waals surface area contributed by atoms with E-state index in [9.17, 15) is 5.11 Å². The molecule has 14 heavy (non-hydrogen) atoms. The van der Waals surface area contributed by atoms with Crippen LogP contribution in [0.5, 0.6) is 0 Å². The molecule has 0 aromatic carbocycles. The predicted molar refractivity (Wildman–Crippen MR) is 59.1 cm³/mol. The van der Waals surface area contributed by atoms with Gasteiger partial charge in [0.25, 0.3) is 0 Å². The van der Waals surface area contributed by atoms with E-state index in [1.54, 1.807) is 19.2 Å². The Balaban J connectivity index is 4.41. The zero-order valence-corrected chi connectivity index (χ0v) is 8.66. The van der Waals surface area contributed by atoms with Crippen molar-refractivity contribution < 1.29 is 5.11 Å². The van der Waals surface area contributed by atoms with Gasteiger partial charge in [0.05, 0.1) is 5.60 Å². The van der Waals surface area contributed by atoms with E-state index in [0.29, 0.717) is 19.4 Å². The SMILES string of the molecule is C=CCC(O)(CC=C)CN(C)C(=N)N. The van der Waals surface area contributed by atoms with Gasteiger partial charge in [-0.1, -0.05) is 12.2 Å². The fourth-order valence-electron chi connectivity index (χ4n) is 1.28. The normalized spacial score (nSPS) is 10.7. The third-order valence-electron chi connectivity index (χ3n) is 1.99. The third kappa shape index (κ3) is 4.09. The molecule has 4 N–H and O–H groups in total. The van der Waals surface area contributed by atoms with E-state index in [1.807, 2.05) is 0 Å². The van der Waals surface area contributed by atoms with E-state index in [4.69, 9.17) is 11.1 Å². The first-order chi connectivity index (χ1) is 6.45. The molecule has 0 amide bonds. The second-order valence-corrected chi connectivity index (χ2v) is 3.45. The molecule has 0 aliphatic heterocycles. The summed E-state index contributed by atoms with van der Waals surface area (Å²) in [5.41, 5.74) is 4.36. The van der Waals surface area contributed by atoms with Gasteiger partial charge < -0.3 is 15.7 Å². The van der Waals surface area contributed by atoms with Crippen LogP contribution in [0.4, 0.5) is 0 Å². The van der Waals surface area contributed by atoms with Gasteiger partial charge in [-0.15, -0.1) is 13.2 Å². The number of guanidine groups is 1. The lowest BCUT2D eigenvalue weighted by atomic mass is 9.95. The highest BCUT2D eigenvalue weighted by molar-refractivity contribution is 5.74. The average Bonchev–Trinajstić information content (AvgIpc) is 2.04. The summed E-state index contributed by atoms with van der Waals surface area (Å²) < 4.78 is 0. The minimum Gasteiger partial charge on any atom is -0.387 e. The number of aliphatic hydroxyl groups is 1. The smallest absolute Gasteiger partial charge is 0.188 e. The van der Waals surface area contributed by atoms with E-state index in [2.05, 4.69) is 13.2 Å². The maximum atomic E-state index is 10.1. The molecule has 0 bridgehead atoms. The van der Waals surface area contributed by atoms with E-state index in [1.165, 1.54) is 4.90 Å². The summed E-state index contributed by atoms with van der Waals surface area (Å²) in [4.78, 5) is 1.49. The molecule has 0 saturated heterocycles. The van der Waals surface area contributed by atoms with Crippen LogP contribution >= 0.6 is 0 Å². The van der Waals surface area contributed by atoms with Gasteiger partial charge >= 0.3 is 0 Å². The van der Waals surface area contributed by atoms with Gasteiger partial charge in [-0.05, 0) is 12.8 Å². The van der Waals surface area contributed by atoms with E-state index in [0.717, 1.165) is 0 Å². The fraction of sp³-hybridized carbons (Fsp3) is 0.500. The molecule has 4 nitrogen and oxygen atoms in total. The summed E-state index contributed by atoms with van der Waals surface area (Å²) in [5.74, 6) is -0.0588. The van der Waals surface area contributed by atoms with Crippen molar-refractivity contribution in [1.82, 2.24) is 4.90 Å². The van der Waals surface area contributed by atoms with Gasteiger partial charge in [0, 0.05) is 13.6 Å². The first-order valence-electron chi connectivity index (χ1n) is 4.44. The van der Waals surface area contributed by atoms with Crippen LogP contribution in [0.1, 0.15) is 12.8 Å². The maximum Gasteiger partial charge on any atom is 0.188 e. The molecule has 4 heteroatoms. The molecular formula is C10H19N3O. The first-order valence-corrected chi connectivity index (χ1v) is 4.44. The molecule has 0 aliphatic rings. The minimum atomic E-state index is -0.927. The summed E-state index contributed by atoms with van der Waals surface area (Å²) in [6, 6.07) is 0. The summed E-state index contributed by atoms with van der Waals surface area (Å²) >= 11 is 0. The van der Waals surface area contributed by atoms with Gasteiger partial charge in [0.15, 0.2) is 5.96 Å². The molecule has 0 spiro atoms. The van der Waals surface area contributed by atoms with Crippen molar-refractivity contribution in [3.63, 3.8) is 0 Å². The Morgan fingerprint density at radius 3 is 2.21 bits per heavy atom. The van der Waals surface area contributed by atoms with Crippen LogP contribution in [0.2, 0.25) is 0 Å². The fourth-order valence-corrected chi connectivity index (χ4v) is 1.28. The van der Waals surface area contributed by atoms with Crippen molar-refractivity contribution in [3.05, 3.63) is 25.3 Å². The predicted octanol–water partition coefficient (Wildman–Crippen LogP) is 0.695. The van der Waals surface area contributed by atoms with Crippen LogP contribution in [0.3, 0.4) is 0 Å². The second kappa shape index (κ2) is 5.44. The van der Waals surface area contributed by atoms with Gasteiger partial charge in [0.2, 0.25) is 0 Å². The van der Waals surface area contributed by atoms with Crippen molar-refractivity contribution in [2.24, 2.45) is 5.73 Å². The maximum absolute atomic E-state index is 10.1. The molecule has 0 heterocycles. The Kier molecular flexibility index (Phi) is 4.94. The Labute approximate surface area is 85.2 Å². The van der Waals surface area contributed by atoms with E-state index in [-0.39, 0.29) is 5.96 Å². The average molecular weight is 197 g/mol. The highest BCUT2D eigenvalue weighted by Crippen LogP contribution is 2.17. The number of likely N-dealkylation sites (N-methyl/N-ethyl adjacent to an activating group) is 1. The molecular weight excluding hydrogens is 178 g/mol. The number of rotatable bonds is 6. The molecule has 80 valence electrons.